The van der Waals surface area contributed by atoms with Gasteiger partial charge in [-0.1, -0.05) is 31.8 Å². The molecule has 2 heteroatoms. The van der Waals surface area contributed by atoms with Gasteiger partial charge in [0, 0.05) is 15.9 Å². The van der Waals surface area contributed by atoms with E-state index in [1.807, 2.05) is 0 Å². The predicted molar refractivity (Wildman–Crippen MR) is 54.6 cm³/mol. The molecule has 1 radical (unpaired) electrons. The van der Waals surface area contributed by atoms with Crippen LogP contribution >= 0.6 is 0 Å². The molecule has 0 aromatic carbocycles. The van der Waals surface area contributed by atoms with E-state index in [1.54, 1.807) is 0 Å². The van der Waals surface area contributed by atoms with Crippen molar-refractivity contribution in [2.45, 2.75) is 39.2 Å². The predicted octanol–water partition coefficient (Wildman–Crippen LogP) is 3.10. The zero-order valence-corrected chi connectivity index (χ0v) is 9.91. The van der Waals surface area contributed by atoms with Crippen LogP contribution in [0.1, 0.15) is 6.92 Å². The summed E-state index contributed by atoms with van der Waals surface area (Å²) in [6, 6.07) is 1.33. The molecule has 0 atom stereocenters. The summed E-state index contributed by atoms with van der Waals surface area (Å²) in [6.45, 7) is 16.0. The van der Waals surface area contributed by atoms with Gasteiger partial charge < -0.3 is 0 Å². The van der Waals surface area contributed by atoms with Crippen molar-refractivity contribution >= 4 is 15.9 Å². The van der Waals surface area contributed by atoms with Crippen LogP contribution in [0.15, 0.2) is 12.2 Å². The highest BCUT2D eigenvalue weighted by Gasteiger charge is 2.25. The maximum absolute atomic E-state index is 3.97. The van der Waals surface area contributed by atoms with Crippen molar-refractivity contribution < 1.29 is 0 Å². The molecule has 0 aliphatic heterocycles. The van der Waals surface area contributed by atoms with Gasteiger partial charge >= 0.3 is 0 Å². The molecule has 0 N–H and O–H groups in total. The van der Waals surface area contributed by atoms with Crippen molar-refractivity contribution in [1.82, 2.24) is 0 Å². The maximum Gasteiger partial charge on any atom is 0.0424 e. The third-order valence-corrected chi connectivity index (χ3v) is 14.9. The average Bonchev–Trinajstić information content (AvgIpc) is 1.60. The molecular formula is C8H19Si2. The molecule has 0 spiro atoms. The van der Waals surface area contributed by atoms with Crippen LogP contribution in [0.5, 0.6) is 0 Å². The minimum absolute atomic E-state index is 0.0279. The lowest BCUT2D eigenvalue weighted by Crippen LogP contribution is -2.41. The van der Waals surface area contributed by atoms with Crippen molar-refractivity contribution in [3.05, 3.63) is 12.2 Å². The minimum atomic E-state index is -0.841. The summed E-state index contributed by atoms with van der Waals surface area (Å²) in [6.07, 6.45) is 0. The first kappa shape index (κ1) is 10.2. The van der Waals surface area contributed by atoms with E-state index in [2.05, 4.69) is 39.7 Å². The van der Waals surface area contributed by atoms with Crippen molar-refractivity contribution in [1.29, 1.82) is 0 Å². The zero-order chi connectivity index (χ0) is 8.36. The average molecular weight is 171 g/mol. The van der Waals surface area contributed by atoms with Gasteiger partial charge in [-0.15, -0.1) is 6.58 Å². The molecule has 0 unspecified atom stereocenters. The molecule has 0 aromatic heterocycles. The van der Waals surface area contributed by atoms with E-state index in [9.17, 15) is 0 Å². The van der Waals surface area contributed by atoms with Crippen molar-refractivity contribution in [3.8, 4) is 0 Å². The maximum atomic E-state index is 3.97. The Balaban J connectivity index is 3.99. The SMILES string of the molecule is C=C(C)C[Si](C)(C)[Si](C)C. The molecule has 0 fully saturated rings. The Morgan fingerprint density at radius 3 is 1.90 bits per heavy atom. The fourth-order valence-corrected chi connectivity index (χ4v) is 4.76. The Kier molecular flexibility index (Phi) is 3.59. The summed E-state index contributed by atoms with van der Waals surface area (Å²) >= 11 is 0. The van der Waals surface area contributed by atoms with Gasteiger partial charge in [0.2, 0.25) is 0 Å². The van der Waals surface area contributed by atoms with E-state index in [-0.39, 0.29) is 8.31 Å². The summed E-state index contributed by atoms with van der Waals surface area (Å²) in [5.41, 5.74) is 1.38. The van der Waals surface area contributed by atoms with Gasteiger partial charge in [0.05, 0.1) is 0 Å². The minimum Gasteiger partial charge on any atom is -0.100 e. The molecule has 0 heterocycles. The molecule has 0 aromatic rings. The van der Waals surface area contributed by atoms with E-state index >= 15 is 0 Å². The largest absolute Gasteiger partial charge is 0.100 e. The zero-order valence-electron chi connectivity index (χ0n) is 7.91. The monoisotopic (exact) mass is 171 g/mol. The summed E-state index contributed by atoms with van der Waals surface area (Å²) in [7, 11) is -0.869. The van der Waals surface area contributed by atoms with Gasteiger partial charge in [0.1, 0.15) is 0 Å². The first-order chi connectivity index (χ1) is 4.36. The van der Waals surface area contributed by atoms with Crippen LogP contribution in [-0.2, 0) is 0 Å². The number of allylic oxidation sites excluding steroid dienone is 1. The van der Waals surface area contributed by atoms with Crippen molar-refractivity contribution in [3.63, 3.8) is 0 Å². The van der Waals surface area contributed by atoms with Gasteiger partial charge in [-0.3, -0.25) is 0 Å². The molecule has 59 valence electrons. The normalized spacial score (nSPS) is 12.2. The molecule has 0 saturated heterocycles. The summed E-state index contributed by atoms with van der Waals surface area (Å²) in [5, 5.41) is 0. The van der Waals surface area contributed by atoms with Crippen LogP contribution in [0.4, 0.5) is 0 Å². The van der Waals surface area contributed by atoms with E-state index in [0.29, 0.717) is 0 Å². The highest BCUT2D eigenvalue weighted by atomic mass is 29.2. The lowest BCUT2D eigenvalue weighted by atomic mass is 10.4. The van der Waals surface area contributed by atoms with E-state index in [4.69, 9.17) is 0 Å². The molecular weight excluding hydrogens is 152 g/mol. The van der Waals surface area contributed by atoms with Gasteiger partial charge in [0.25, 0.3) is 0 Å². The third kappa shape index (κ3) is 3.37. The van der Waals surface area contributed by atoms with E-state index < -0.39 is 7.59 Å². The van der Waals surface area contributed by atoms with E-state index in [0.717, 1.165) is 0 Å². The summed E-state index contributed by atoms with van der Waals surface area (Å²) < 4.78 is 0. The van der Waals surface area contributed by atoms with Gasteiger partial charge in [0.15, 0.2) is 0 Å². The van der Waals surface area contributed by atoms with Gasteiger partial charge in [-0.2, -0.15) is 0 Å². The highest BCUT2D eigenvalue weighted by Crippen LogP contribution is 2.17. The van der Waals surface area contributed by atoms with Gasteiger partial charge in [-0.05, 0) is 13.0 Å². The van der Waals surface area contributed by atoms with Crippen LogP contribution in [0, 0.1) is 0 Å². The van der Waals surface area contributed by atoms with Gasteiger partial charge in [-0.25, -0.2) is 0 Å². The highest BCUT2D eigenvalue weighted by molar-refractivity contribution is 7.31. The number of hydrogen-bond acceptors (Lipinski definition) is 0. The molecule has 0 amide bonds. The lowest BCUT2D eigenvalue weighted by molar-refractivity contribution is 1.36. The smallest absolute Gasteiger partial charge is 0.0424 e. The second kappa shape index (κ2) is 3.53. The molecule has 0 saturated carbocycles. The second-order valence-electron chi connectivity index (χ2n) is 4.02. The quantitative estimate of drug-likeness (QED) is 0.452. The Bertz CT molecular complexity index is 125. The van der Waals surface area contributed by atoms with Crippen LogP contribution in [0.3, 0.4) is 0 Å². The Labute approximate surface area is 67.8 Å². The number of rotatable bonds is 3. The molecule has 10 heavy (non-hydrogen) atoms. The van der Waals surface area contributed by atoms with E-state index in [1.165, 1.54) is 11.6 Å². The van der Waals surface area contributed by atoms with Crippen LogP contribution in [0.25, 0.3) is 0 Å². The topological polar surface area (TPSA) is 0 Å². The Morgan fingerprint density at radius 2 is 1.80 bits per heavy atom. The summed E-state index contributed by atoms with van der Waals surface area (Å²) in [5.74, 6) is 0. The molecule has 0 bridgehead atoms. The van der Waals surface area contributed by atoms with Crippen molar-refractivity contribution in [2.24, 2.45) is 0 Å². The first-order valence-corrected chi connectivity index (χ1v) is 10.5. The van der Waals surface area contributed by atoms with Crippen molar-refractivity contribution in [2.75, 3.05) is 0 Å². The Hall–Kier alpha value is 0.174. The summed E-state index contributed by atoms with van der Waals surface area (Å²) in [4.78, 5) is 0. The standard InChI is InChI=1S/C8H19Si2/c1-8(2)7-10(5,6)9(3)4/h1,7H2,2-6H3. The third-order valence-electron chi connectivity index (χ3n) is 2.10. The fraction of sp³-hybridized carbons (Fsp3) is 0.750. The van der Waals surface area contributed by atoms with Crippen LogP contribution < -0.4 is 0 Å². The number of hydrogen-bond donors (Lipinski definition) is 0. The molecule has 0 nitrogen and oxygen atoms in total. The lowest BCUT2D eigenvalue weighted by Gasteiger charge is -2.25. The molecule has 0 aliphatic carbocycles. The second-order valence-corrected chi connectivity index (χ2v) is 17.2. The van der Waals surface area contributed by atoms with Crippen LogP contribution in [-0.4, -0.2) is 15.9 Å². The molecule has 0 aliphatic rings. The first-order valence-electron chi connectivity index (χ1n) is 3.81. The Morgan fingerprint density at radius 1 is 1.40 bits per heavy atom. The molecule has 0 rings (SSSR count). The fourth-order valence-electron chi connectivity index (χ4n) is 0.931. The van der Waals surface area contributed by atoms with Crippen LogP contribution in [0.2, 0.25) is 32.2 Å².